The van der Waals surface area contributed by atoms with Crippen LogP contribution in [0.15, 0.2) is 28.1 Å². The van der Waals surface area contributed by atoms with E-state index in [9.17, 15) is 13.5 Å². The first-order valence-electron chi connectivity index (χ1n) is 7.64. The summed E-state index contributed by atoms with van der Waals surface area (Å²) in [5.41, 5.74) is -0.415. The molecule has 0 bridgehead atoms. The lowest BCUT2D eigenvalue weighted by Crippen LogP contribution is -2.53. The van der Waals surface area contributed by atoms with Gasteiger partial charge in [0.2, 0.25) is 16.2 Å². The second-order valence-electron chi connectivity index (χ2n) is 6.56. The van der Waals surface area contributed by atoms with Crippen LogP contribution in [0.2, 0.25) is 0 Å². The minimum atomic E-state index is -3.63. The molecule has 0 aliphatic carbocycles. The van der Waals surface area contributed by atoms with E-state index in [2.05, 4.69) is 10.3 Å². The summed E-state index contributed by atoms with van der Waals surface area (Å²) in [4.78, 5) is 3.70. The van der Waals surface area contributed by atoms with Gasteiger partial charge in [0.25, 0.3) is 0 Å². The molecule has 1 aliphatic heterocycles. The van der Waals surface area contributed by atoms with Crippen LogP contribution < -0.4 is 10.1 Å². The number of hydrogen-bond acceptors (Lipinski definition) is 6. The molecular weight excluding hydrogens is 344 g/mol. The van der Waals surface area contributed by atoms with E-state index in [1.165, 1.54) is 26.2 Å². The van der Waals surface area contributed by atoms with Gasteiger partial charge in [-0.05, 0) is 39.0 Å². The highest BCUT2D eigenvalue weighted by molar-refractivity contribution is 7.89. The summed E-state index contributed by atoms with van der Waals surface area (Å²) < 4.78 is 31.7. The number of aliphatic hydroxyl groups excluding tert-OH is 1. The molecule has 136 valence electrons. The molecule has 25 heavy (non-hydrogen) atoms. The summed E-state index contributed by atoms with van der Waals surface area (Å²) >= 11 is 0. The van der Waals surface area contributed by atoms with Crippen LogP contribution in [-0.4, -0.2) is 49.5 Å². The third-order valence-electron chi connectivity index (χ3n) is 4.08. The van der Waals surface area contributed by atoms with Gasteiger partial charge in [0.05, 0.1) is 10.9 Å². The predicted molar refractivity (Wildman–Crippen MR) is 92.6 cm³/mol. The third kappa shape index (κ3) is 3.61. The number of nitrogens with one attached hydrogen (secondary N) is 1. The van der Waals surface area contributed by atoms with Crippen LogP contribution in [0.3, 0.4) is 0 Å². The Hall–Kier alpha value is -2.15. The molecule has 0 amide bonds. The molecule has 1 aliphatic rings. The molecule has 0 saturated heterocycles. The number of aliphatic imine (C=N–C) groups is 1. The highest BCUT2D eigenvalue weighted by Crippen LogP contribution is 2.41. The molecule has 2 N–H and O–H groups in total. The first-order valence-corrected chi connectivity index (χ1v) is 9.08. The van der Waals surface area contributed by atoms with Crippen LogP contribution in [0, 0.1) is 11.5 Å². The maximum Gasteiger partial charge on any atom is 0.242 e. The topological polar surface area (TPSA) is 115 Å². The smallest absolute Gasteiger partial charge is 0.242 e. The molecule has 2 atom stereocenters. The molecule has 1 heterocycles. The zero-order chi connectivity index (χ0) is 19.0. The number of nitrogens with zero attached hydrogens (tertiary/aromatic N) is 3. The minimum Gasteiger partial charge on any atom is -0.485 e. The Kier molecular flexibility index (Phi) is 5.09. The normalized spacial score (nSPS) is 22.7. The van der Waals surface area contributed by atoms with Crippen LogP contribution in [-0.2, 0) is 10.0 Å². The van der Waals surface area contributed by atoms with Crippen molar-refractivity contribution in [3.05, 3.63) is 23.8 Å². The largest absolute Gasteiger partial charge is 0.485 e. The van der Waals surface area contributed by atoms with Crippen molar-refractivity contribution in [1.82, 2.24) is 9.62 Å². The van der Waals surface area contributed by atoms with Gasteiger partial charge in [-0.2, -0.15) is 10.3 Å². The number of aliphatic hydroxyl groups is 1. The second-order valence-corrected chi connectivity index (χ2v) is 8.71. The number of rotatable bonds is 3. The van der Waals surface area contributed by atoms with Crippen LogP contribution in [0.25, 0.3) is 0 Å². The Balaban J connectivity index is 2.59. The Labute approximate surface area is 147 Å². The van der Waals surface area contributed by atoms with E-state index >= 15 is 0 Å². The lowest BCUT2D eigenvalue weighted by Gasteiger charge is -2.42. The van der Waals surface area contributed by atoms with Gasteiger partial charge in [-0.1, -0.05) is 0 Å². The van der Waals surface area contributed by atoms with Gasteiger partial charge < -0.3 is 15.2 Å². The van der Waals surface area contributed by atoms with E-state index < -0.39 is 27.8 Å². The Morgan fingerprint density at radius 1 is 1.44 bits per heavy atom. The monoisotopic (exact) mass is 366 g/mol. The molecule has 0 spiro atoms. The van der Waals surface area contributed by atoms with E-state index in [1.54, 1.807) is 33.0 Å². The SMILES string of the molecule is CC(=NC#N)N[C@H]1c2cc(S(=O)(=O)N(C)C)ccc2OC(C)(C)[C@@H]1O. The van der Waals surface area contributed by atoms with E-state index in [0.717, 1.165) is 4.31 Å². The average molecular weight is 366 g/mol. The highest BCUT2D eigenvalue weighted by atomic mass is 32.2. The fraction of sp³-hybridized carbons (Fsp3) is 0.500. The molecule has 1 aromatic rings. The number of benzene rings is 1. The van der Waals surface area contributed by atoms with E-state index in [-0.39, 0.29) is 4.90 Å². The molecule has 0 fully saturated rings. The molecule has 0 unspecified atom stereocenters. The van der Waals surface area contributed by atoms with Crippen molar-refractivity contribution >= 4 is 15.9 Å². The van der Waals surface area contributed by atoms with Crippen molar-refractivity contribution in [1.29, 1.82) is 5.26 Å². The summed E-state index contributed by atoms with van der Waals surface area (Å²) in [7, 11) is -0.739. The van der Waals surface area contributed by atoms with Gasteiger partial charge in [-0.15, -0.1) is 0 Å². The lowest BCUT2D eigenvalue weighted by molar-refractivity contribution is -0.0611. The predicted octanol–water partition coefficient (Wildman–Crippen LogP) is 0.999. The van der Waals surface area contributed by atoms with Crippen molar-refractivity contribution < 1.29 is 18.3 Å². The zero-order valence-corrected chi connectivity index (χ0v) is 15.6. The Morgan fingerprint density at radius 3 is 2.64 bits per heavy atom. The number of amidine groups is 1. The molecule has 8 nitrogen and oxygen atoms in total. The van der Waals surface area contributed by atoms with Crippen LogP contribution in [0.4, 0.5) is 0 Å². The van der Waals surface area contributed by atoms with Gasteiger partial charge in [0, 0.05) is 19.7 Å². The molecular formula is C16H22N4O4S. The number of sulfonamides is 1. The summed E-state index contributed by atoms with van der Waals surface area (Å²) in [6, 6.07) is 3.84. The minimum absolute atomic E-state index is 0.0911. The molecule has 0 radical (unpaired) electrons. The quantitative estimate of drug-likeness (QED) is 0.468. The van der Waals surface area contributed by atoms with Crippen molar-refractivity contribution in [2.24, 2.45) is 4.99 Å². The number of fused-ring (bicyclic) bond motifs is 1. The average Bonchev–Trinajstić information content (AvgIpc) is 2.51. The molecule has 0 saturated carbocycles. The van der Waals surface area contributed by atoms with Crippen molar-refractivity contribution in [3.63, 3.8) is 0 Å². The molecule has 9 heteroatoms. The first kappa shape index (κ1) is 19.2. The number of hydrogen-bond donors (Lipinski definition) is 2. The van der Waals surface area contributed by atoms with E-state index in [4.69, 9.17) is 10.00 Å². The van der Waals surface area contributed by atoms with E-state index in [0.29, 0.717) is 17.1 Å². The van der Waals surface area contributed by atoms with Crippen molar-refractivity contribution in [2.45, 2.75) is 43.4 Å². The molecule has 1 aromatic carbocycles. The first-order chi connectivity index (χ1) is 11.5. The number of ether oxygens (including phenoxy) is 1. The standard InChI is InChI=1S/C16H22N4O4S/c1-10(18-9-17)19-14-12-8-11(25(22,23)20(4)5)6-7-13(12)24-16(2,3)15(14)21/h6-8,14-15,21H,1-5H3,(H,18,19)/t14-,15+/m0/s1. The Bertz CT molecular complexity index is 840. The van der Waals surface area contributed by atoms with Crippen molar-refractivity contribution in [3.8, 4) is 11.9 Å². The summed E-state index contributed by atoms with van der Waals surface area (Å²) in [5.74, 6) is 0.784. The second kappa shape index (κ2) is 6.63. The molecule has 2 rings (SSSR count). The third-order valence-corrected chi connectivity index (χ3v) is 5.89. The lowest BCUT2D eigenvalue weighted by atomic mass is 9.86. The van der Waals surface area contributed by atoms with Gasteiger partial charge in [-0.25, -0.2) is 12.7 Å². The zero-order valence-electron chi connectivity index (χ0n) is 14.8. The van der Waals surface area contributed by atoms with Crippen molar-refractivity contribution in [2.75, 3.05) is 14.1 Å². The Morgan fingerprint density at radius 2 is 2.08 bits per heavy atom. The van der Waals surface area contributed by atoms with Gasteiger partial charge in [0.1, 0.15) is 23.3 Å². The van der Waals surface area contributed by atoms with Crippen LogP contribution in [0.1, 0.15) is 32.4 Å². The van der Waals surface area contributed by atoms with Crippen LogP contribution >= 0.6 is 0 Å². The highest BCUT2D eigenvalue weighted by Gasteiger charge is 2.43. The molecule has 0 aromatic heterocycles. The maximum absolute atomic E-state index is 12.4. The number of nitriles is 1. The van der Waals surface area contributed by atoms with Gasteiger partial charge >= 0.3 is 0 Å². The van der Waals surface area contributed by atoms with Gasteiger partial charge in [-0.3, -0.25) is 0 Å². The summed E-state index contributed by atoms with van der Waals surface area (Å²) in [6.07, 6.45) is 0.692. The summed E-state index contributed by atoms with van der Waals surface area (Å²) in [5, 5.41) is 22.3. The van der Waals surface area contributed by atoms with Gasteiger partial charge in [0.15, 0.2) is 0 Å². The van der Waals surface area contributed by atoms with E-state index in [1.807, 2.05) is 0 Å². The fourth-order valence-electron chi connectivity index (χ4n) is 2.64. The maximum atomic E-state index is 12.4. The van der Waals surface area contributed by atoms with Crippen LogP contribution in [0.5, 0.6) is 5.75 Å². The fourth-order valence-corrected chi connectivity index (χ4v) is 3.58. The summed E-state index contributed by atoms with van der Waals surface area (Å²) in [6.45, 7) is 5.06.